The summed E-state index contributed by atoms with van der Waals surface area (Å²) in [7, 11) is 0. The first-order chi connectivity index (χ1) is 9.41. The first-order valence-electron chi connectivity index (χ1n) is 5.16. The number of pyridine rings is 1. The number of anilines is 1. The molecule has 104 valence electrons. The van der Waals surface area contributed by atoms with Crippen molar-refractivity contribution >= 4 is 18.1 Å². The van der Waals surface area contributed by atoms with E-state index in [0.29, 0.717) is 12.4 Å². The van der Waals surface area contributed by atoms with Gasteiger partial charge < -0.3 is 4.52 Å². The molecule has 1 N–H and O–H groups in total. The number of alkyl halides is 3. The predicted molar refractivity (Wildman–Crippen MR) is 59.1 cm³/mol. The topological polar surface area (TPSA) is 85.1 Å². The van der Waals surface area contributed by atoms with Gasteiger partial charge in [-0.15, -0.1) is 0 Å². The molecule has 0 saturated heterocycles. The van der Waals surface area contributed by atoms with Crippen molar-refractivity contribution in [2.45, 2.75) is 6.18 Å². The molecule has 6 nitrogen and oxygen atoms in total. The third-order valence-electron chi connectivity index (χ3n) is 2.26. The molecule has 0 radical (unpaired) electrons. The Morgan fingerprint density at radius 2 is 2.15 bits per heavy atom. The monoisotopic (exact) mass is 285 g/mol. The Bertz CT molecular complexity index is 652. The van der Waals surface area contributed by atoms with Gasteiger partial charge in [-0.2, -0.15) is 13.2 Å². The number of carbonyl (C=O) groups is 2. The molecule has 0 atom stereocenters. The van der Waals surface area contributed by atoms with E-state index in [2.05, 4.69) is 20.0 Å². The van der Waals surface area contributed by atoms with Crippen LogP contribution in [-0.4, -0.2) is 22.3 Å². The number of carbonyl (C=O) groups excluding carboxylic acids is 2. The second-order valence-electron chi connectivity index (χ2n) is 3.61. The van der Waals surface area contributed by atoms with Gasteiger partial charge in [0.15, 0.2) is 6.29 Å². The summed E-state index contributed by atoms with van der Waals surface area (Å²) < 4.78 is 42.7. The second-order valence-corrected chi connectivity index (χ2v) is 3.61. The van der Waals surface area contributed by atoms with Crippen molar-refractivity contribution in [3.8, 4) is 0 Å². The zero-order valence-corrected chi connectivity index (χ0v) is 9.64. The van der Waals surface area contributed by atoms with Crippen molar-refractivity contribution in [2.24, 2.45) is 0 Å². The Morgan fingerprint density at radius 3 is 2.75 bits per heavy atom. The molecule has 2 heterocycles. The molecular weight excluding hydrogens is 279 g/mol. The average Bonchev–Trinajstić information content (AvgIpc) is 2.85. The molecule has 2 aromatic heterocycles. The Balaban J connectivity index is 2.28. The van der Waals surface area contributed by atoms with Crippen molar-refractivity contribution in [2.75, 3.05) is 5.32 Å². The van der Waals surface area contributed by atoms with Gasteiger partial charge in [0, 0.05) is 18.5 Å². The minimum Gasteiger partial charge on any atom is -0.338 e. The van der Waals surface area contributed by atoms with Crippen molar-refractivity contribution in [3.63, 3.8) is 0 Å². The molecular formula is C11H6F3N3O3. The number of nitrogens with one attached hydrogen (secondary N) is 1. The fourth-order valence-electron chi connectivity index (χ4n) is 1.41. The summed E-state index contributed by atoms with van der Waals surface area (Å²) in [4.78, 5) is 25.6. The number of hydrogen-bond donors (Lipinski definition) is 1. The summed E-state index contributed by atoms with van der Waals surface area (Å²) in [6.07, 6.45) is -2.61. The van der Waals surface area contributed by atoms with Gasteiger partial charge in [0.1, 0.15) is 5.69 Å². The molecule has 0 unspecified atom stereocenters. The van der Waals surface area contributed by atoms with E-state index < -0.39 is 23.2 Å². The summed E-state index contributed by atoms with van der Waals surface area (Å²) in [5.41, 5.74) is -1.88. The van der Waals surface area contributed by atoms with Crippen molar-refractivity contribution in [1.29, 1.82) is 0 Å². The van der Waals surface area contributed by atoms with E-state index >= 15 is 0 Å². The molecule has 0 fully saturated rings. The fourth-order valence-corrected chi connectivity index (χ4v) is 1.41. The van der Waals surface area contributed by atoms with Crippen LogP contribution in [0.2, 0.25) is 0 Å². The summed E-state index contributed by atoms with van der Waals surface area (Å²) in [5.74, 6) is -1.31. The van der Waals surface area contributed by atoms with E-state index in [1.165, 1.54) is 0 Å². The first kappa shape index (κ1) is 13.7. The Kier molecular flexibility index (Phi) is 3.51. The molecule has 0 saturated carbocycles. The van der Waals surface area contributed by atoms with E-state index in [0.717, 1.165) is 18.5 Å². The average molecular weight is 285 g/mol. The normalized spacial score (nSPS) is 11.2. The van der Waals surface area contributed by atoms with Gasteiger partial charge in [-0.25, -0.2) is 0 Å². The van der Waals surface area contributed by atoms with Gasteiger partial charge in [-0.05, 0) is 6.07 Å². The molecule has 2 rings (SSSR count). The van der Waals surface area contributed by atoms with Crippen LogP contribution in [0.3, 0.4) is 0 Å². The first-order valence-corrected chi connectivity index (χ1v) is 5.16. The van der Waals surface area contributed by atoms with E-state index in [1.54, 1.807) is 0 Å². The smallest absolute Gasteiger partial charge is 0.338 e. The van der Waals surface area contributed by atoms with Crippen LogP contribution in [-0.2, 0) is 6.18 Å². The lowest BCUT2D eigenvalue weighted by molar-refractivity contribution is -0.138. The van der Waals surface area contributed by atoms with Crippen LogP contribution in [0.25, 0.3) is 0 Å². The molecule has 20 heavy (non-hydrogen) atoms. The van der Waals surface area contributed by atoms with Crippen LogP contribution >= 0.6 is 0 Å². The predicted octanol–water partition coefficient (Wildman–Crippen LogP) is 2.15. The number of aromatic nitrogens is 2. The van der Waals surface area contributed by atoms with Gasteiger partial charge >= 0.3 is 6.18 Å². The van der Waals surface area contributed by atoms with Gasteiger partial charge in [0.25, 0.3) is 5.91 Å². The fraction of sp³-hybridized carbons (Fsp3) is 0.0909. The Hall–Kier alpha value is -2.71. The highest BCUT2D eigenvalue weighted by molar-refractivity contribution is 6.04. The lowest BCUT2D eigenvalue weighted by Crippen LogP contribution is -2.18. The van der Waals surface area contributed by atoms with Crippen LogP contribution in [0, 0.1) is 0 Å². The minimum atomic E-state index is -4.69. The third kappa shape index (κ3) is 2.82. The van der Waals surface area contributed by atoms with Gasteiger partial charge in [0.2, 0.25) is 5.88 Å². The van der Waals surface area contributed by atoms with Gasteiger partial charge in [-0.3, -0.25) is 19.9 Å². The largest absolute Gasteiger partial charge is 0.417 e. The van der Waals surface area contributed by atoms with E-state index in [9.17, 15) is 22.8 Å². The Morgan fingerprint density at radius 1 is 1.40 bits per heavy atom. The van der Waals surface area contributed by atoms with Crippen LogP contribution in [0.1, 0.15) is 26.4 Å². The molecule has 0 aliphatic heterocycles. The van der Waals surface area contributed by atoms with Gasteiger partial charge in [-0.1, -0.05) is 5.16 Å². The standard InChI is InChI=1S/C11H6F3N3O3/c12-11(13,14)8-1-2-15-4-7(8)10(19)16-9-3-6(5-18)17-20-9/h1-5H,(H,16,19). The van der Waals surface area contributed by atoms with Crippen LogP contribution in [0.4, 0.5) is 19.1 Å². The maximum atomic E-state index is 12.7. The maximum absolute atomic E-state index is 12.7. The number of amides is 1. The number of aldehydes is 1. The van der Waals surface area contributed by atoms with Crippen molar-refractivity contribution in [1.82, 2.24) is 10.1 Å². The molecule has 0 spiro atoms. The SMILES string of the molecule is O=Cc1cc(NC(=O)c2cnccc2C(F)(F)F)on1. The third-order valence-corrected chi connectivity index (χ3v) is 2.26. The lowest BCUT2D eigenvalue weighted by atomic mass is 10.1. The molecule has 0 aliphatic rings. The zero-order chi connectivity index (χ0) is 14.8. The van der Waals surface area contributed by atoms with Crippen molar-refractivity contribution < 1.29 is 27.3 Å². The molecule has 2 aromatic rings. The van der Waals surface area contributed by atoms with Crippen LogP contribution in [0.15, 0.2) is 29.0 Å². The minimum absolute atomic E-state index is 0.0949. The van der Waals surface area contributed by atoms with Gasteiger partial charge in [0.05, 0.1) is 11.1 Å². The van der Waals surface area contributed by atoms with E-state index in [1.807, 2.05) is 0 Å². The van der Waals surface area contributed by atoms with Crippen LogP contribution < -0.4 is 5.32 Å². The molecule has 0 bridgehead atoms. The number of rotatable bonds is 3. The number of hydrogen-bond acceptors (Lipinski definition) is 5. The summed E-state index contributed by atoms with van der Waals surface area (Å²) in [5, 5.41) is 5.32. The number of halogens is 3. The van der Waals surface area contributed by atoms with Crippen molar-refractivity contribution in [3.05, 3.63) is 41.3 Å². The van der Waals surface area contributed by atoms with Crippen LogP contribution in [0.5, 0.6) is 0 Å². The summed E-state index contributed by atoms with van der Waals surface area (Å²) >= 11 is 0. The maximum Gasteiger partial charge on any atom is 0.417 e. The highest BCUT2D eigenvalue weighted by atomic mass is 19.4. The second kappa shape index (κ2) is 5.11. The summed E-state index contributed by atoms with van der Waals surface area (Å²) in [6.45, 7) is 0. The highest BCUT2D eigenvalue weighted by Gasteiger charge is 2.35. The molecule has 0 aliphatic carbocycles. The lowest BCUT2D eigenvalue weighted by Gasteiger charge is -2.10. The molecule has 0 aromatic carbocycles. The Labute approximate surface area is 109 Å². The summed E-state index contributed by atoms with van der Waals surface area (Å²) in [6, 6.07) is 1.76. The molecule has 9 heteroatoms. The quantitative estimate of drug-likeness (QED) is 0.873. The van der Waals surface area contributed by atoms with E-state index in [-0.39, 0.29) is 11.6 Å². The number of nitrogens with zero attached hydrogens (tertiary/aromatic N) is 2. The zero-order valence-electron chi connectivity index (χ0n) is 9.64. The molecule has 1 amide bonds. The van der Waals surface area contributed by atoms with E-state index in [4.69, 9.17) is 0 Å². The highest BCUT2D eigenvalue weighted by Crippen LogP contribution is 2.31.